The molecule has 3 heteroatoms. The average Bonchev–Trinajstić information content (AvgIpc) is 2.34. The number of benzene rings is 1. The number of nitrogens with one attached hydrogen (secondary N) is 1. The van der Waals surface area contributed by atoms with Gasteiger partial charge in [-0.05, 0) is 54.5 Å². The lowest BCUT2D eigenvalue weighted by Crippen LogP contribution is -2.15. The number of thioether (sulfide) groups is 1. The van der Waals surface area contributed by atoms with Crippen LogP contribution in [0.4, 0.5) is 0 Å². The van der Waals surface area contributed by atoms with Crippen LogP contribution in [0.25, 0.3) is 0 Å². The molecule has 0 spiro atoms. The van der Waals surface area contributed by atoms with E-state index in [1.165, 1.54) is 29.1 Å². The maximum atomic E-state index is 4.20. The molecule has 1 nitrogen and oxygen atoms in total. The number of thiol groups is 1. The first-order chi connectivity index (χ1) is 7.90. The largest absolute Gasteiger partial charge is 0.313 e. The van der Waals surface area contributed by atoms with E-state index in [2.05, 4.69) is 36.1 Å². The van der Waals surface area contributed by atoms with Crippen LogP contribution < -0.4 is 5.32 Å². The highest BCUT2D eigenvalue weighted by Gasteiger charge is 2.09. The van der Waals surface area contributed by atoms with E-state index in [-0.39, 0.29) is 0 Å². The van der Waals surface area contributed by atoms with Crippen molar-refractivity contribution in [2.75, 3.05) is 18.1 Å². The van der Waals surface area contributed by atoms with E-state index in [9.17, 15) is 0 Å². The van der Waals surface area contributed by atoms with Crippen LogP contribution in [0.1, 0.15) is 24.0 Å². The number of fused-ring (bicyclic) bond motifs is 1. The monoisotopic (exact) mass is 253 g/mol. The van der Waals surface area contributed by atoms with Crippen molar-refractivity contribution in [3.63, 3.8) is 0 Å². The zero-order chi connectivity index (χ0) is 11.2. The molecular weight excluding hydrogens is 234 g/mol. The van der Waals surface area contributed by atoms with E-state index < -0.39 is 0 Å². The van der Waals surface area contributed by atoms with Crippen LogP contribution in [0, 0.1) is 0 Å². The summed E-state index contributed by atoms with van der Waals surface area (Å²) >= 11 is 6.20. The van der Waals surface area contributed by atoms with Crippen molar-refractivity contribution in [3.05, 3.63) is 29.3 Å². The van der Waals surface area contributed by atoms with Crippen LogP contribution in [0.15, 0.2) is 23.1 Å². The first kappa shape index (κ1) is 12.3. The molecule has 0 aliphatic carbocycles. The Labute approximate surface area is 108 Å². The third kappa shape index (κ3) is 3.44. The van der Waals surface area contributed by atoms with Crippen LogP contribution in [-0.4, -0.2) is 18.1 Å². The van der Waals surface area contributed by atoms with Crippen LogP contribution >= 0.6 is 24.4 Å². The topological polar surface area (TPSA) is 12.0 Å². The van der Waals surface area contributed by atoms with E-state index >= 15 is 0 Å². The second-order valence-electron chi connectivity index (χ2n) is 4.15. The molecule has 1 aromatic carbocycles. The Morgan fingerprint density at radius 1 is 1.38 bits per heavy atom. The zero-order valence-electron chi connectivity index (χ0n) is 9.54. The van der Waals surface area contributed by atoms with Gasteiger partial charge in [0.25, 0.3) is 0 Å². The summed E-state index contributed by atoms with van der Waals surface area (Å²) in [6.07, 6.45) is 3.73. The predicted molar refractivity (Wildman–Crippen MR) is 75.7 cm³/mol. The second-order valence-corrected chi connectivity index (χ2v) is 5.73. The Kier molecular flexibility index (Phi) is 5.07. The second kappa shape index (κ2) is 6.58. The molecule has 0 unspecified atom stereocenters. The Hall–Kier alpha value is -0.120. The quantitative estimate of drug-likeness (QED) is 0.618. The van der Waals surface area contributed by atoms with Crippen molar-refractivity contribution in [2.24, 2.45) is 0 Å². The number of rotatable bonds is 5. The molecule has 0 radical (unpaired) electrons. The van der Waals surface area contributed by atoms with Gasteiger partial charge in [0.2, 0.25) is 0 Å². The molecular formula is C13H19NS2. The summed E-state index contributed by atoms with van der Waals surface area (Å²) in [5, 5.41) is 3.45. The summed E-state index contributed by atoms with van der Waals surface area (Å²) < 4.78 is 0. The Morgan fingerprint density at radius 2 is 2.31 bits per heavy atom. The minimum atomic E-state index is 0.966. The predicted octanol–water partition coefficient (Wildman–Crippen LogP) is 3.13. The molecule has 0 aromatic heterocycles. The summed E-state index contributed by atoms with van der Waals surface area (Å²) in [5.41, 5.74) is 2.96. The molecule has 1 aliphatic heterocycles. The zero-order valence-corrected chi connectivity index (χ0v) is 11.2. The first-order valence-electron chi connectivity index (χ1n) is 5.96. The van der Waals surface area contributed by atoms with E-state index in [0.717, 1.165) is 25.3 Å². The van der Waals surface area contributed by atoms with Crippen LogP contribution in [0.5, 0.6) is 0 Å². The lowest BCUT2D eigenvalue weighted by Gasteiger charge is -2.16. The van der Waals surface area contributed by atoms with Gasteiger partial charge in [-0.15, -0.1) is 11.8 Å². The summed E-state index contributed by atoms with van der Waals surface area (Å²) in [5.74, 6) is 2.25. The van der Waals surface area contributed by atoms with Gasteiger partial charge in [-0.3, -0.25) is 0 Å². The van der Waals surface area contributed by atoms with Gasteiger partial charge in [0.15, 0.2) is 0 Å². The standard InChI is InChI=1S/C13H19NS2/c15-7-2-6-14-10-11-4-5-13-12(9-11)3-1-8-16-13/h4-5,9,14-15H,1-3,6-8,10H2. The Balaban J connectivity index is 1.90. The van der Waals surface area contributed by atoms with Crippen molar-refractivity contribution in [2.45, 2.75) is 30.7 Å². The van der Waals surface area contributed by atoms with Crippen LogP contribution in [-0.2, 0) is 13.0 Å². The SMILES string of the molecule is SCCCNCc1ccc2c(c1)CCCS2. The molecule has 1 aromatic rings. The molecule has 0 atom stereocenters. The number of hydrogen-bond acceptors (Lipinski definition) is 3. The van der Waals surface area contributed by atoms with Gasteiger partial charge in [0.1, 0.15) is 0 Å². The Morgan fingerprint density at radius 3 is 3.19 bits per heavy atom. The molecule has 0 amide bonds. The van der Waals surface area contributed by atoms with Gasteiger partial charge in [-0.2, -0.15) is 12.6 Å². The van der Waals surface area contributed by atoms with Crippen molar-refractivity contribution >= 4 is 24.4 Å². The van der Waals surface area contributed by atoms with Crippen molar-refractivity contribution in [3.8, 4) is 0 Å². The molecule has 0 saturated heterocycles. The molecule has 16 heavy (non-hydrogen) atoms. The summed E-state index contributed by atoms with van der Waals surface area (Å²) in [4.78, 5) is 1.49. The van der Waals surface area contributed by atoms with E-state index in [4.69, 9.17) is 0 Å². The molecule has 88 valence electrons. The molecule has 1 heterocycles. The van der Waals surface area contributed by atoms with E-state index in [1.807, 2.05) is 11.8 Å². The summed E-state index contributed by atoms with van der Waals surface area (Å²) in [7, 11) is 0. The van der Waals surface area contributed by atoms with Crippen LogP contribution in [0.2, 0.25) is 0 Å². The van der Waals surface area contributed by atoms with E-state index in [0.29, 0.717) is 0 Å². The average molecular weight is 253 g/mol. The lowest BCUT2D eigenvalue weighted by atomic mass is 10.1. The minimum Gasteiger partial charge on any atom is -0.313 e. The maximum absolute atomic E-state index is 4.20. The van der Waals surface area contributed by atoms with Crippen LogP contribution in [0.3, 0.4) is 0 Å². The number of aryl methyl sites for hydroxylation is 1. The summed E-state index contributed by atoms with van der Waals surface area (Å²) in [6.45, 7) is 2.06. The third-order valence-corrected chi connectivity index (χ3v) is 4.33. The van der Waals surface area contributed by atoms with Crippen molar-refractivity contribution < 1.29 is 0 Å². The molecule has 0 saturated carbocycles. The Bertz CT molecular complexity index is 339. The number of hydrogen-bond donors (Lipinski definition) is 2. The fraction of sp³-hybridized carbons (Fsp3) is 0.538. The van der Waals surface area contributed by atoms with Gasteiger partial charge >= 0.3 is 0 Å². The molecule has 1 aliphatic rings. The highest BCUT2D eigenvalue weighted by atomic mass is 32.2. The highest BCUT2D eigenvalue weighted by Crippen LogP contribution is 2.30. The van der Waals surface area contributed by atoms with Gasteiger partial charge < -0.3 is 5.32 Å². The van der Waals surface area contributed by atoms with Gasteiger partial charge in [0, 0.05) is 11.4 Å². The fourth-order valence-corrected chi connectivity index (χ4v) is 3.14. The summed E-state index contributed by atoms with van der Waals surface area (Å²) in [6, 6.07) is 6.91. The van der Waals surface area contributed by atoms with Gasteiger partial charge in [0.05, 0.1) is 0 Å². The third-order valence-electron chi connectivity index (χ3n) is 2.81. The smallest absolute Gasteiger partial charge is 0.0205 e. The highest BCUT2D eigenvalue weighted by molar-refractivity contribution is 7.99. The molecule has 0 fully saturated rings. The van der Waals surface area contributed by atoms with Crippen molar-refractivity contribution in [1.29, 1.82) is 0 Å². The molecule has 1 N–H and O–H groups in total. The van der Waals surface area contributed by atoms with E-state index in [1.54, 1.807) is 5.56 Å². The molecule has 2 rings (SSSR count). The fourth-order valence-electron chi connectivity index (χ4n) is 1.96. The molecule has 0 bridgehead atoms. The lowest BCUT2D eigenvalue weighted by molar-refractivity contribution is 0.678. The van der Waals surface area contributed by atoms with Gasteiger partial charge in [-0.25, -0.2) is 0 Å². The van der Waals surface area contributed by atoms with Crippen molar-refractivity contribution in [1.82, 2.24) is 5.32 Å². The normalized spacial score (nSPS) is 14.8. The van der Waals surface area contributed by atoms with Gasteiger partial charge in [-0.1, -0.05) is 12.1 Å². The first-order valence-corrected chi connectivity index (χ1v) is 7.58. The maximum Gasteiger partial charge on any atom is 0.0205 e. The minimum absolute atomic E-state index is 0.966.